The lowest BCUT2D eigenvalue weighted by atomic mass is 10.2. The summed E-state index contributed by atoms with van der Waals surface area (Å²) in [4.78, 5) is 11.6. The number of nitrogens with one attached hydrogen (secondary N) is 1. The van der Waals surface area contributed by atoms with Gasteiger partial charge in [-0.1, -0.05) is 19.4 Å². The lowest BCUT2D eigenvalue weighted by Crippen LogP contribution is -2.35. The second kappa shape index (κ2) is 7.26. The van der Waals surface area contributed by atoms with E-state index >= 15 is 0 Å². The largest absolute Gasteiger partial charge is 0.483 e. The SMILES string of the molecule is CCCC(C)NC(=O)COc1cccc(N)c1Br. The molecule has 0 aromatic heterocycles. The first-order valence-corrected chi connectivity index (χ1v) is 6.80. The minimum absolute atomic E-state index is 0.00386. The molecule has 18 heavy (non-hydrogen) atoms. The molecule has 100 valence electrons. The summed E-state index contributed by atoms with van der Waals surface area (Å²) in [6, 6.07) is 5.49. The third kappa shape index (κ3) is 4.56. The highest BCUT2D eigenvalue weighted by Crippen LogP contribution is 2.30. The van der Waals surface area contributed by atoms with Gasteiger partial charge < -0.3 is 15.8 Å². The topological polar surface area (TPSA) is 64.3 Å². The summed E-state index contributed by atoms with van der Waals surface area (Å²) >= 11 is 3.32. The Bertz CT molecular complexity index is 410. The Hall–Kier alpha value is -1.23. The van der Waals surface area contributed by atoms with E-state index in [9.17, 15) is 4.79 Å². The lowest BCUT2D eigenvalue weighted by molar-refractivity contribution is -0.123. The Balaban J connectivity index is 2.45. The Morgan fingerprint density at radius 3 is 2.94 bits per heavy atom. The first-order chi connectivity index (χ1) is 8.54. The van der Waals surface area contributed by atoms with Gasteiger partial charge in [0.1, 0.15) is 5.75 Å². The Morgan fingerprint density at radius 1 is 1.56 bits per heavy atom. The molecule has 1 unspecified atom stereocenters. The van der Waals surface area contributed by atoms with Crippen LogP contribution in [0.25, 0.3) is 0 Å². The van der Waals surface area contributed by atoms with Crippen molar-refractivity contribution in [2.75, 3.05) is 12.3 Å². The summed E-state index contributed by atoms with van der Waals surface area (Å²) in [5.41, 5.74) is 6.31. The van der Waals surface area contributed by atoms with E-state index in [1.807, 2.05) is 6.92 Å². The van der Waals surface area contributed by atoms with Crippen LogP contribution < -0.4 is 15.8 Å². The van der Waals surface area contributed by atoms with Gasteiger partial charge in [-0.3, -0.25) is 4.79 Å². The van der Waals surface area contributed by atoms with Crippen LogP contribution in [0.2, 0.25) is 0 Å². The molecular weight excluding hydrogens is 296 g/mol. The maximum Gasteiger partial charge on any atom is 0.258 e. The fourth-order valence-electron chi connectivity index (χ4n) is 1.60. The van der Waals surface area contributed by atoms with Crippen molar-refractivity contribution in [3.63, 3.8) is 0 Å². The molecule has 0 aliphatic carbocycles. The minimum atomic E-state index is -0.120. The van der Waals surface area contributed by atoms with E-state index in [0.717, 1.165) is 12.8 Å². The van der Waals surface area contributed by atoms with E-state index in [1.165, 1.54) is 0 Å². The lowest BCUT2D eigenvalue weighted by Gasteiger charge is -2.14. The number of nitrogen functional groups attached to an aromatic ring is 1. The van der Waals surface area contributed by atoms with Gasteiger partial charge in [-0.25, -0.2) is 0 Å². The van der Waals surface area contributed by atoms with E-state index in [0.29, 0.717) is 15.9 Å². The van der Waals surface area contributed by atoms with E-state index in [-0.39, 0.29) is 18.6 Å². The quantitative estimate of drug-likeness (QED) is 0.793. The molecule has 5 heteroatoms. The number of hydrogen-bond acceptors (Lipinski definition) is 3. The number of anilines is 1. The van der Waals surface area contributed by atoms with E-state index in [4.69, 9.17) is 10.5 Å². The summed E-state index contributed by atoms with van der Waals surface area (Å²) in [6.07, 6.45) is 2.01. The summed E-state index contributed by atoms with van der Waals surface area (Å²) in [5, 5.41) is 2.87. The average Bonchev–Trinajstić information content (AvgIpc) is 2.31. The maximum atomic E-state index is 11.6. The van der Waals surface area contributed by atoms with E-state index in [1.54, 1.807) is 18.2 Å². The van der Waals surface area contributed by atoms with Crippen molar-refractivity contribution in [3.8, 4) is 5.75 Å². The van der Waals surface area contributed by atoms with Crippen LogP contribution >= 0.6 is 15.9 Å². The number of hydrogen-bond donors (Lipinski definition) is 2. The van der Waals surface area contributed by atoms with Crippen molar-refractivity contribution in [1.29, 1.82) is 0 Å². The van der Waals surface area contributed by atoms with Crippen LogP contribution in [0.5, 0.6) is 5.75 Å². The molecule has 4 nitrogen and oxygen atoms in total. The summed E-state index contributed by atoms with van der Waals surface area (Å²) in [5.74, 6) is 0.457. The molecule has 0 radical (unpaired) electrons. The number of nitrogens with two attached hydrogens (primary N) is 1. The predicted octanol–water partition coefficient (Wildman–Crippen LogP) is 2.71. The first kappa shape index (κ1) is 14.8. The van der Waals surface area contributed by atoms with Crippen molar-refractivity contribution in [2.24, 2.45) is 0 Å². The summed E-state index contributed by atoms with van der Waals surface area (Å²) in [7, 11) is 0. The van der Waals surface area contributed by atoms with E-state index in [2.05, 4.69) is 28.2 Å². The number of carbonyl (C=O) groups is 1. The summed E-state index contributed by atoms with van der Waals surface area (Å²) in [6.45, 7) is 4.07. The average molecular weight is 315 g/mol. The van der Waals surface area contributed by atoms with Crippen molar-refractivity contribution in [3.05, 3.63) is 22.7 Å². The zero-order chi connectivity index (χ0) is 13.5. The van der Waals surface area contributed by atoms with Gasteiger partial charge in [0.05, 0.1) is 4.47 Å². The van der Waals surface area contributed by atoms with E-state index < -0.39 is 0 Å². The molecule has 1 rings (SSSR count). The van der Waals surface area contributed by atoms with Crippen LogP contribution in [0, 0.1) is 0 Å². The van der Waals surface area contributed by atoms with Crippen LogP contribution in [0.3, 0.4) is 0 Å². The van der Waals surface area contributed by atoms with Gasteiger partial charge >= 0.3 is 0 Å². The maximum absolute atomic E-state index is 11.6. The van der Waals surface area contributed by atoms with Crippen LogP contribution in [-0.2, 0) is 4.79 Å². The molecule has 0 bridgehead atoms. The van der Waals surface area contributed by atoms with Gasteiger partial charge in [0.25, 0.3) is 5.91 Å². The zero-order valence-electron chi connectivity index (χ0n) is 10.7. The predicted molar refractivity (Wildman–Crippen MR) is 76.6 cm³/mol. The van der Waals surface area contributed by atoms with Crippen LogP contribution in [0.4, 0.5) is 5.69 Å². The molecule has 1 amide bonds. The molecule has 0 heterocycles. The molecular formula is C13H19BrN2O2. The molecule has 0 aliphatic rings. The molecule has 1 aromatic carbocycles. The normalized spacial score (nSPS) is 11.9. The van der Waals surface area contributed by atoms with Crippen molar-refractivity contribution in [1.82, 2.24) is 5.32 Å². The molecule has 1 atom stereocenters. The third-order valence-corrected chi connectivity index (χ3v) is 3.33. The third-order valence-electron chi connectivity index (χ3n) is 2.48. The van der Waals surface area contributed by atoms with Gasteiger partial charge in [0.15, 0.2) is 6.61 Å². The van der Waals surface area contributed by atoms with Crippen molar-refractivity contribution >= 4 is 27.5 Å². The van der Waals surface area contributed by atoms with Gasteiger partial charge in [-0.15, -0.1) is 0 Å². The van der Waals surface area contributed by atoms with Crippen LogP contribution in [-0.4, -0.2) is 18.6 Å². The van der Waals surface area contributed by atoms with Gasteiger partial charge in [-0.2, -0.15) is 0 Å². The molecule has 0 fully saturated rings. The van der Waals surface area contributed by atoms with Gasteiger partial charge in [0.2, 0.25) is 0 Å². The number of benzene rings is 1. The number of amides is 1. The number of ether oxygens (including phenoxy) is 1. The van der Waals surface area contributed by atoms with Crippen LogP contribution in [0.1, 0.15) is 26.7 Å². The zero-order valence-corrected chi connectivity index (χ0v) is 12.3. The Labute approximate surface area is 116 Å². The second-order valence-corrected chi connectivity index (χ2v) is 5.00. The molecule has 0 aliphatic heterocycles. The fraction of sp³-hybridized carbons (Fsp3) is 0.462. The summed E-state index contributed by atoms with van der Waals surface area (Å²) < 4.78 is 6.10. The number of halogens is 1. The minimum Gasteiger partial charge on any atom is -0.483 e. The Morgan fingerprint density at radius 2 is 2.28 bits per heavy atom. The molecule has 0 saturated carbocycles. The monoisotopic (exact) mass is 314 g/mol. The molecule has 1 aromatic rings. The first-order valence-electron chi connectivity index (χ1n) is 6.00. The molecule has 0 saturated heterocycles. The highest BCUT2D eigenvalue weighted by atomic mass is 79.9. The fourth-order valence-corrected chi connectivity index (χ4v) is 1.98. The smallest absolute Gasteiger partial charge is 0.258 e. The second-order valence-electron chi connectivity index (χ2n) is 4.21. The van der Waals surface area contributed by atoms with Crippen molar-refractivity contribution in [2.45, 2.75) is 32.7 Å². The molecule has 3 N–H and O–H groups in total. The molecule has 0 spiro atoms. The standard InChI is InChI=1S/C13H19BrN2O2/c1-3-5-9(2)16-12(17)8-18-11-7-4-6-10(15)13(11)14/h4,6-7,9H,3,5,8,15H2,1-2H3,(H,16,17). The van der Waals surface area contributed by atoms with Gasteiger partial charge in [0, 0.05) is 11.7 Å². The Kier molecular flexibility index (Phi) is 5.98. The van der Waals surface area contributed by atoms with Gasteiger partial charge in [-0.05, 0) is 41.4 Å². The number of rotatable bonds is 6. The highest BCUT2D eigenvalue weighted by molar-refractivity contribution is 9.10. The highest BCUT2D eigenvalue weighted by Gasteiger charge is 2.09. The van der Waals surface area contributed by atoms with Crippen LogP contribution in [0.15, 0.2) is 22.7 Å². The van der Waals surface area contributed by atoms with Crippen molar-refractivity contribution < 1.29 is 9.53 Å². The number of carbonyl (C=O) groups excluding carboxylic acids is 1.